The van der Waals surface area contributed by atoms with E-state index in [4.69, 9.17) is 0 Å². The average Bonchev–Trinajstić information content (AvgIpc) is 3.51. The molecule has 0 fully saturated rings. The van der Waals surface area contributed by atoms with Gasteiger partial charge in [0.1, 0.15) is 0 Å². The number of pyridine rings is 4. The van der Waals surface area contributed by atoms with Gasteiger partial charge in [-0.3, -0.25) is 19.9 Å². The Morgan fingerprint density at radius 1 is 0.500 bits per heavy atom. The number of aryl methyl sites for hydroxylation is 2. The van der Waals surface area contributed by atoms with Gasteiger partial charge >= 0.3 is 0 Å². The molecule has 0 radical (unpaired) electrons. The van der Waals surface area contributed by atoms with Crippen LogP contribution >= 0.6 is 0 Å². The minimum atomic E-state index is 0.968. The molecule has 0 unspecified atom stereocenters. The van der Waals surface area contributed by atoms with Crippen LogP contribution in [0.1, 0.15) is 11.1 Å². The molecule has 0 saturated carbocycles. The van der Waals surface area contributed by atoms with Crippen LogP contribution in [0, 0.1) is 13.8 Å². The molecular weight excluding hydrogens is 492 g/mol. The molecule has 2 aromatic carbocycles. The van der Waals surface area contributed by atoms with Gasteiger partial charge < -0.3 is 9.13 Å². The number of hydrogen-bond acceptors (Lipinski definition) is 4. The Balaban J connectivity index is 1.25. The largest absolute Gasteiger partial charge is 0.309 e. The lowest BCUT2D eigenvalue weighted by Crippen LogP contribution is -1.98. The van der Waals surface area contributed by atoms with E-state index in [0.717, 1.165) is 55.1 Å². The fraction of sp³-hybridized carbons (Fsp3) is 0.0588. The maximum absolute atomic E-state index is 4.65. The Kier molecular flexibility index (Phi) is 4.85. The molecule has 0 N–H and O–H groups in total. The van der Waals surface area contributed by atoms with E-state index >= 15 is 0 Å². The van der Waals surface area contributed by atoms with Gasteiger partial charge in [-0.15, -0.1) is 0 Å². The third-order valence-corrected chi connectivity index (χ3v) is 7.92. The molecule has 0 aliphatic heterocycles. The molecule has 190 valence electrons. The van der Waals surface area contributed by atoms with Gasteiger partial charge in [-0.2, -0.15) is 0 Å². The van der Waals surface area contributed by atoms with Gasteiger partial charge in [0, 0.05) is 70.9 Å². The summed E-state index contributed by atoms with van der Waals surface area (Å²) in [5, 5.41) is 3.27. The van der Waals surface area contributed by atoms with Crippen LogP contribution in [-0.4, -0.2) is 29.1 Å². The molecule has 0 aliphatic carbocycles. The smallest absolute Gasteiger partial charge is 0.0978 e. The Morgan fingerprint density at radius 2 is 1.00 bits per heavy atom. The molecule has 0 bridgehead atoms. The van der Waals surface area contributed by atoms with Crippen LogP contribution in [0.4, 0.5) is 0 Å². The zero-order valence-electron chi connectivity index (χ0n) is 22.1. The number of nitrogens with zero attached hydrogens (tertiary/aromatic N) is 6. The number of fused-ring (bicyclic) bond motifs is 6. The van der Waals surface area contributed by atoms with Gasteiger partial charge in [0.15, 0.2) is 0 Å². The molecule has 0 amide bonds. The number of hydrogen-bond donors (Lipinski definition) is 0. The maximum atomic E-state index is 4.65. The van der Waals surface area contributed by atoms with E-state index in [1.807, 2.05) is 49.4 Å². The number of benzene rings is 2. The van der Waals surface area contributed by atoms with Crippen molar-refractivity contribution in [3.05, 3.63) is 121 Å². The summed E-state index contributed by atoms with van der Waals surface area (Å²) < 4.78 is 4.57. The first-order valence-corrected chi connectivity index (χ1v) is 13.3. The van der Waals surface area contributed by atoms with Crippen molar-refractivity contribution in [2.24, 2.45) is 0 Å². The first-order chi connectivity index (χ1) is 19.7. The highest BCUT2D eigenvalue weighted by molar-refractivity contribution is 6.08. The molecule has 0 atom stereocenters. The SMILES string of the molecule is Cc1cc(-n2c3ccncc3c3cnccc32)ccc1-c1ccc(-n2c3ccncc3c3ncccc32)cc1C. The number of rotatable bonds is 3. The highest BCUT2D eigenvalue weighted by atomic mass is 15.0. The maximum Gasteiger partial charge on any atom is 0.0978 e. The van der Waals surface area contributed by atoms with Gasteiger partial charge in [-0.25, -0.2) is 0 Å². The van der Waals surface area contributed by atoms with E-state index in [9.17, 15) is 0 Å². The van der Waals surface area contributed by atoms with E-state index in [1.165, 1.54) is 22.3 Å². The minimum absolute atomic E-state index is 0.968. The Morgan fingerprint density at radius 3 is 1.55 bits per heavy atom. The van der Waals surface area contributed by atoms with Gasteiger partial charge in [-0.1, -0.05) is 12.1 Å². The van der Waals surface area contributed by atoms with Crippen LogP contribution in [0.2, 0.25) is 0 Å². The van der Waals surface area contributed by atoms with E-state index < -0.39 is 0 Å². The van der Waals surface area contributed by atoms with Gasteiger partial charge in [0.2, 0.25) is 0 Å². The normalized spacial score (nSPS) is 11.8. The lowest BCUT2D eigenvalue weighted by Gasteiger charge is -2.15. The molecule has 6 heteroatoms. The molecule has 8 aromatic rings. The van der Waals surface area contributed by atoms with Crippen molar-refractivity contribution in [3.8, 4) is 22.5 Å². The Bertz CT molecular complexity index is 1990. The van der Waals surface area contributed by atoms with Gasteiger partial charge in [-0.05, 0) is 90.7 Å². The summed E-state index contributed by atoms with van der Waals surface area (Å²) in [7, 11) is 0. The van der Waals surface area contributed by atoms with E-state index in [0.29, 0.717) is 0 Å². The Labute approximate surface area is 230 Å². The zero-order chi connectivity index (χ0) is 26.8. The highest BCUT2D eigenvalue weighted by Crippen LogP contribution is 2.35. The second kappa shape index (κ2) is 8.58. The third kappa shape index (κ3) is 3.23. The Hall–Kier alpha value is -5.36. The second-order valence-electron chi connectivity index (χ2n) is 10.2. The molecule has 40 heavy (non-hydrogen) atoms. The van der Waals surface area contributed by atoms with E-state index in [1.54, 1.807) is 0 Å². The van der Waals surface area contributed by atoms with Gasteiger partial charge in [0.05, 0.1) is 27.6 Å². The fourth-order valence-corrected chi connectivity index (χ4v) is 6.12. The predicted molar refractivity (Wildman–Crippen MR) is 161 cm³/mol. The first-order valence-electron chi connectivity index (χ1n) is 13.3. The molecule has 8 rings (SSSR count). The molecular formula is C34H24N6. The zero-order valence-corrected chi connectivity index (χ0v) is 22.1. The average molecular weight is 517 g/mol. The van der Waals surface area contributed by atoms with Crippen LogP contribution in [0.3, 0.4) is 0 Å². The summed E-state index contributed by atoms with van der Waals surface area (Å²) in [5.74, 6) is 0. The number of aromatic nitrogens is 6. The molecule has 6 nitrogen and oxygen atoms in total. The monoisotopic (exact) mass is 516 g/mol. The van der Waals surface area contributed by atoms with E-state index in [2.05, 4.69) is 104 Å². The molecule has 0 aliphatic rings. The minimum Gasteiger partial charge on any atom is -0.309 e. The lowest BCUT2D eigenvalue weighted by molar-refractivity contribution is 1.16. The molecule has 6 heterocycles. The summed E-state index contributed by atoms with van der Waals surface area (Å²) in [4.78, 5) is 17.7. The van der Waals surface area contributed by atoms with Gasteiger partial charge in [0.25, 0.3) is 0 Å². The van der Waals surface area contributed by atoms with Crippen molar-refractivity contribution in [1.29, 1.82) is 0 Å². The van der Waals surface area contributed by atoms with Crippen LogP contribution in [0.5, 0.6) is 0 Å². The van der Waals surface area contributed by atoms with Crippen molar-refractivity contribution in [2.75, 3.05) is 0 Å². The first kappa shape index (κ1) is 22.6. The van der Waals surface area contributed by atoms with Crippen molar-refractivity contribution in [1.82, 2.24) is 29.1 Å². The van der Waals surface area contributed by atoms with Crippen molar-refractivity contribution >= 4 is 43.7 Å². The van der Waals surface area contributed by atoms with Crippen LogP contribution in [0.15, 0.2) is 110 Å². The van der Waals surface area contributed by atoms with Crippen LogP contribution < -0.4 is 0 Å². The summed E-state index contributed by atoms with van der Waals surface area (Å²) in [5.41, 5.74) is 12.5. The van der Waals surface area contributed by atoms with Crippen LogP contribution in [0.25, 0.3) is 66.2 Å². The molecule has 6 aromatic heterocycles. The van der Waals surface area contributed by atoms with Crippen molar-refractivity contribution in [3.63, 3.8) is 0 Å². The van der Waals surface area contributed by atoms with Crippen molar-refractivity contribution in [2.45, 2.75) is 13.8 Å². The van der Waals surface area contributed by atoms with Crippen LogP contribution in [-0.2, 0) is 0 Å². The fourth-order valence-electron chi connectivity index (χ4n) is 6.12. The standard InChI is InChI=1S/C34H24N6/c1-21-16-23(39-30-9-13-35-18-27(30)28-19-36-14-10-31(28)39)5-7-25(21)26-8-6-24(17-22(26)2)40-32-11-15-37-20-29(32)34-33(40)4-3-12-38-34/h3-20H,1-2H3. The van der Waals surface area contributed by atoms with Crippen molar-refractivity contribution < 1.29 is 0 Å². The quantitative estimate of drug-likeness (QED) is 0.241. The highest BCUT2D eigenvalue weighted by Gasteiger charge is 2.16. The summed E-state index contributed by atoms with van der Waals surface area (Å²) in [6.07, 6.45) is 13.1. The summed E-state index contributed by atoms with van der Waals surface area (Å²) >= 11 is 0. The second-order valence-corrected chi connectivity index (χ2v) is 10.2. The topological polar surface area (TPSA) is 61.4 Å². The third-order valence-electron chi connectivity index (χ3n) is 7.92. The molecule has 0 saturated heterocycles. The molecule has 0 spiro atoms. The summed E-state index contributed by atoms with van der Waals surface area (Å²) in [6.45, 7) is 4.38. The van der Waals surface area contributed by atoms with E-state index in [-0.39, 0.29) is 0 Å². The predicted octanol–water partition coefficient (Wildman–Crippen LogP) is 7.74. The summed E-state index contributed by atoms with van der Waals surface area (Å²) in [6, 6.07) is 23.7. The lowest BCUT2D eigenvalue weighted by atomic mass is 9.95.